The second kappa shape index (κ2) is 7.62. The number of amides is 1. The van der Waals surface area contributed by atoms with Crippen LogP contribution in [0.3, 0.4) is 0 Å². The summed E-state index contributed by atoms with van der Waals surface area (Å²) in [5.41, 5.74) is 1.44. The Bertz CT molecular complexity index is 1000. The largest absolute Gasteiger partial charge is 0.311 e. The van der Waals surface area contributed by atoms with Crippen molar-refractivity contribution < 1.29 is 22.0 Å². The fraction of sp³-hybridized carbons (Fsp3) is 0.444. The molecular formula is C18H20F2N4O3S2. The molecule has 7 nitrogen and oxygen atoms in total. The number of nitrogens with zero attached hydrogens (tertiary/aromatic N) is 3. The first-order valence-corrected chi connectivity index (χ1v) is 11.6. The average Bonchev–Trinajstić information content (AvgIpc) is 3.32. The molecule has 1 aromatic heterocycles. The molecule has 4 rings (SSSR count). The van der Waals surface area contributed by atoms with Gasteiger partial charge in [-0.1, -0.05) is 0 Å². The number of rotatable bonds is 5. The van der Waals surface area contributed by atoms with Gasteiger partial charge in [-0.25, -0.2) is 22.2 Å². The standard InChI is InChI=1S/C18H20F2N4O3S2/c19-18(20)4-8-23(9-5-18)12-16(25)24-7-3-13-11-14(1-2-15(13)24)29(26,27)22-17-21-6-10-28-17/h1-2,6,10-11H,3-5,7-9,12H2,(H,21,22). The first kappa shape index (κ1) is 20.2. The molecule has 0 atom stereocenters. The number of alkyl halides is 2. The Morgan fingerprint density at radius 1 is 1.24 bits per heavy atom. The van der Waals surface area contributed by atoms with Crippen LogP contribution in [0.25, 0.3) is 0 Å². The van der Waals surface area contributed by atoms with Crippen LogP contribution in [0, 0.1) is 0 Å². The van der Waals surface area contributed by atoms with Crippen LogP contribution < -0.4 is 9.62 Å². The molecule has 0 radical (unpaired) electrons. The average molecular weight is 443 g/mol. The number of halogens is 2. The number of likely N-dealkylation sites (tertiary alicyclic amines) is 1. The minimum Gasteiger partial charge on any atom is -0.311 e. The summed E-state index contributed by atoms with van der Waals surface area (Å²) in [5, 5.41) is 1.96. The van der Waals surface area contributed by atoms with Crippen molar-refractivity contribution in [2.24, 2.45) is 0 Å². The number of carbonyl (C=O) groups is 1. The van der Waals surface area contributed by atoms with Crippen molar-refractivity contribution in [1.29, 1.82) is 0 Å². The van der Waals surface area contributed by atoms with E-state index in [0.29, 0.717) is 18.7 Å². The van der Waals surface area contributed by atoms with Crippen LogP contribution in [-0.4, -0.2) is 56.3 Å². The molecule has 0 bridgehead atoms. The van der Waals surface area contributed by atoms with E-state index in [1.807, 2.05) is 0 Å². The van der Waals surface area contributed by atoms with Crippen LogP contribution in [0.4, 0.5) is 19.6 Å². The minimum absolute atomic E-state index is 0.0845. The van der Waals surface area contributed by atoms with Gasteiger partial charge in [0, 0.05) is 49.7 Å². The van der Waals surface area contributed by atoms with Gasteiger partial charge in [-0.2, -0.15) is 0 Å². The number of carbonyl (C=O) groups excluding carboxylic acids is 1. The van der Waals surface area contributed by atoms with Crippen molar-refractivity contribution in [3.8, 4) is 0 Å². The molecule has 3 heterocycles. The molecule has 1 amide bonds. The Balaban J connectivity index is 1.45. The molecule has 11 heteroatoms. The number of sulfonamides is 1. The Hall–Kier alpha value is -2.11. The second-order valence-corrected chi connectivity index (χ2v) is 9.74. The van der Waals surface area contributed by atoms with E-state index in [-0.39, 0.29) is 48.4 Å². The summed E-state index contributed by atoms with van der Waals surface area (Å²) in [6, 6.07) is 4.66. The number of benzene rings is 1. The number of fused-ring (bicyclic) bond motifs is 1. The summed E-state index contributed by atoms with van der Waals surface area (Å²) in [7, 11) is -3.76. The molecule has 1 saturated heterocycles. The van der Waals surface area contributed by atoms with Gasteiger partial charge < -0.3 is 4.90 Å². The van der Waals surface area contributed by atoms with Crippen molar-refractivity contribution in [3.63, 3.8) is 0 Å². The highest BCUT2D eigenvalue weighted by atomic mass is 32.2. The van der Waals surface area contributed by atoms with Crippen molar-refractivity contribution in [2.75, 3.05) is 35.8 Å². The number of aromatic nitrogens is 1. The third kappa shape index (κ3) is 4.41. The topological polar surface area (TPSA) is 82.6 Å². The molecule has 2 aliphatic rings. The molecular weight excluding hydrogens is 422 g/mol. The van der Waals surface area contributed by atoms with Crippen molar-refractivity contribution >= 4 is 38.1 Å². The van der Waals surface area contributed by atoms with Gasteiger partial charge in [0.25, 0.3) is 15.9 Å². The lowest BCUT2D eigenvalue weighted by molar-refractivity contribution is -0.121. The lowest BCUT2D eigenvalue weighted by Gasteiger charge is -2.32. The summed E-state index contributed by atoms with van der Waals surface area (Å²) in [6.07, 6.45) is 1.59. The molecule has 29 heavy (non-hydrogen) atoms. The highest BCUT2D eigenvalue weighted by Gasteiger charge is 2.35. The Morgan fingerprint density at radius 2 is 2.00 bits per heavy atom. The predicted molar refractivity (Wildman–Crippen MR) is 106 cm³/mol. The Kier molecular flexibility index (Phi) is 5.30. The van der Waals surface area contributed by atoms with Gasteiger partial charge in [-0.05, 0) is 30.2 Å². The van der Waals surface area contributed by atoms with Gasteiger partial charge in [0.05, 0.1) is 11.4 Å². The summed E-state index contributed by atoms with van der Waals surface area (Å²) in [5.74, 6) is -2.81. The van der Waals surface area contributed by atoms with E-state index in [9.17, 15) is 22.0 Å². The van der Waals surface area contributed by atoms with E-state index in [1.54, 1.807) is 27.3 Å². The van der Waals surface area contributed by atoms with Gasteiger partial charge in [-0.3, -0.25) is 14.4 Å². The molecule has 156 valence electrons. The predicted octanol–water partition coefficient (Wildman–Crippen LogP) is 2.56. The zero-order valence-corrected chi connectivity index (χ0v) is 17.1. The Labute approximate surface area is 171 Å². The number of nitrogens with one attached hydrogen (secondary N) is 1. The van der Waals surface area contributed by atoms with E-state index >= 15 is 0 Å². The lowest BCUT2D eigenvalue weighted by Crippen LogP contribution is -2.45. The normalized spacial score (nSPS) is 19.2. The highest BCUT2D eigenvalue weighted by molar-refractivity contribution is 7.93. The van der Waals surface area contributed by atoms with Crippen LogP contribution in [0.5, 0.6) is 0 Å². The van der Waals surface area contributed by atoms with Crippen LogP contribution in [0.2, 0.25) is 0 Å². The summed E-state index contributed by atoms with van der Waals surface area (Å²) >= 11 is 1.18. The highest BCUT2D eigenvalue weighted by Crippen LogP contribution is 2.32. The molecule has 1 aromatic carbocycles. The second-order valence-electron chi connectivity index (χ2n) is 7.16. The summed E-state index contributed by atoms with van der Waals surface area (Å²) in [6.45, 7) is 0.917. The molecule has 0 spiro atoms. The number of thiazole rings is 1. The fourth-order valence-electron chi connectivity index (χ4n) is 3.57. The molecule has 0 saturated carbocycles. The number of hydrogen-bond acceptors (Lipinski definition) is 6. The molecule has 1 fully saturated rings. The van der Waals surface area contributed by atoms with Gasteiger partial charge >= 0.3 is 0 Å². The number of hydrogen-bond donors (Lipinski definition) is 1. The lowest BCUT2D eigenvalue weighted by atomic mass is 10.1. The fourth-order valence-corrected chi connectivity index (χ4v) is 5.41. The maximum absolute atomic E-state index is 13.3. The van der Waals surface area contributed by atoms with Crippen molar-refractivity contribution in [2.45, 2.75) is 30.1 Å². The number of anilines is 2. The molecule has 1 N–H and O–H groups in total. The first-order chi connectivity index (χ1) is 13.7. The van der Waals surface area contributed by atoms with E-state index in [2.05, 4.69) is 9.71 Å². The van der Waals surface area contributed by atoms with E-state index < -0.39 is 15.9 Å². The van der Waals surface area contributed by atoms with E-state index in [1.165, 1.54) is 23.6 Å². The minimum atomic E-state index is -3.76. The third-order valence-corrected chi connectivity index (χ3v) is 7.31. The van der Waals surface area contributed by atoms with Crippen LogP contribution in [0.15, 0.2) is 34.7 Å². The third-order valence-electron chi connectivity index (χ3n) is 5.16. The quantitative estimate of drug-likeness (QED) is 0.770. The van der Waals surface area contributed by atoms with E-state index in [4.69, 9.17) is 0 Å². The Morgan fingerprint density at radius 3 is 2.69 bits per heavy atom. The summed E-state index contributed by atoms with van der Waals surface area (Å²) < 4.78 is 54.1. The molecule has 2 aliphatic heterocycles. The molecule has 2 aromatic rings. The van der Waals surface area contributed by atoms with Gasteiger partial charge in [0.2, 0.25) is 5.91 Å². The maximum Gasteiger partial charge on any atom is 0.263 e. The van der Waals surface area contributed by atoms with Gasteiger partial charge in [0.15, 0.2) is 5.13 Å². The zero-order chi connectivity index (χ0) is 20.6. The van der Waals surface area contributed by atoms with Crippen LogP contribution in [0.1, 0.15) is 18.4 Å². The SMILES string of the molecule is O=C(CN1CCC(F)(F)CC1)N1CCc2cc(S(=O)(=O)Nc3nccs3)ccc21. The smallest absolute Gasteiger partial charge is 0.263 e. The van der Waals surface area contributed by atoms with Crippen molar-refractivity contribution in [1.82, 2.24) is 9.88 Å². The molecule has 0 unspecified atom stereocenters. The van der Waals surface area contributed by atoms with Gasteiger partial charge in [0.1, 0.15) is 0 Å². The van der Waals surface area contributed by atoms with Crippen LogP contribution in [-0.2, 0) is 21.2 Å². The maximum atomic E-state index is 13.3. The first-order valence-electron chi connectivity index (χ1n) is 9.19. The van der Waals surface area contributed by atoms with E-state index in [0.717, 1.165) is 5.56 Å². The number of piperidine rings is 1. The van der Waals surface area contributed by atoms with Crippen LogP contribution >= 0.6 is 11.3 Å². The van der Waals surface area contributed by atoms with Crippen molar-refractivity contribution in [3.05, 3.63) is 35.3 Å². The van der Waals surface area contributed by atoms with Gasteiger partial charge in [-0.15, -0.1) is 11.3 Å². The molecule has 0 aliphatic carbocycles. The monoisotopic (exact) mass is 442 g/mol. The zero-order valence-electron chi connectivity index (χ0n) is 15.5. The summed E-state index contributed by atoms with van der Waals surface area (Å²) in [4.78, 5) is 20.1.